The van der Waals surface area contributed by atoms with Crippen LogP contribution in [0.3, 0.4) is 0 Å². The van der Waals surface area contributed by atoms with Gasteiger partial charge in [-0.3, -0.25) is 0 Å². The topological polar surface area (TPSA) is 0 Å². The molecule has 0 saturated carbocycles. The van der Waals surface area contributed by atoms with Crippen molar-refractivity contribution in [2.45, 2.75) is 0 Å². The van der Waals surface area contributed by atoms with Gasteiger partial charge in [-0.05, 0) is 36.4 Å². The van der Waals surface area contributed by atoms with Gasteiger partial charge in [0, 0.05) is 84.8 Å². The SMILES string of the molecule is BrBr.BrBr.BrBr.Br[P+](c1ccccc1)(c1ccccc1)c1ccccc1.[Br-]. The summed E-state index contributed by atoms with van der Waals surface area (Å²) in [5.41, 5.74) is 0. The molecular formula is C18H15Br8P. The molecule has 3 aromatic carbocycles. The fourth-order valence-electron chi connectivity index (χ4n) is 2.35. The molecular weight excluding hydrogens is 886 g/mol. The Hall–Kier alpha value is 1.93. The van der Waals surface area contributed by atoms with E-state index in [1.807, 2.05) is 0 Å². The fourth-order valence-corrected chi connectivity index (χ4v) is 7.12. The smallest absolute Gasteiger partial charge is 0.181 e. The van der Waals surface area contributed by atoms with Gasteiger partial charge >= 0.3 is 0 Å². The highest BCUT2D eigenvalue weighted by Gasteiger charge is 2.43. The van der Waals surface area contributed by atoms with Crippen LogP contribution < -0.4 is 32.9 Å². The van der Waals surface area contributed by atoms with E-state index >= 15 is 0 Å². The summed E-state index contributed by atoms with van der Waals surface area (Å²) in [5, 5.41) is 4.03. The van der Waals surface area contributed by atoms with E-state index in [-0.39, 0.29) is 17.0 Å². The molecule has 0 fully saturated rings. The second kappa shape index (κ2) is 19.9. The minimum Gasteiger partial charge on any atom is -1.00 e. The molecule has 0 heterocycles. The summed E-state index contributed by atoms with van der Waals surface area (Å²) in [4.78, 5) is 0. The Morgan fingerprint density at radius 1 is 0.407 bits per heavy atom. The van der Waals surface area contributed by atoms with Crippen molar-refractivity contribution in [3.05, 3.63) is 91.0 Å². The summed E-state index contributed by atoms with van der Waals surface area (Å²) in [5.74, 6) is -1.71. The van der Waals surface area contributed by atoms with Crippen LogP contribution in [-0.2, 0) is 0 Å². The Morgan fingerprint density at radius 2 is 0.593 bits per heavy atom. The van der Waals surface area contributed by atoms with Crippen LogP contribution >= 0.6 is 106 Å². The third-order valence-electron chi connectivity index (χ3n) is 3.34. The van der Waals surface area contributed by atoms with Crippen molar-refractivity contribution in [1.29, 1.82) is 0 Å². The Kier molecular flexibility index (Phi) is 22.9. The highest BCUT2D eigenvalue weighted by Crippen LogP contribution is 2.62. The average Bonchev–Trinajstić information content (AvgIpc) is 2.79. The van der Waals surface area contributed by atoms with Gasteiger partial charge < -0.3 is 17.0 Å². The average molecular weight is 902 g/mol. The maximum Gasteiger partial charge on any atom is 0.181 e. The predicted molar refractivity (Wildman–Crippen MR) is 148 cm³/mol. The molecule has 0 radical (unpaired) electrons. The largest absolute Gasteiger partial charge is 1.00 e. The first-order valence-corrected chi connectivity index (χ1v) is 22.0. The van der Waals surface area contributed by atoms with Gasteiger partial charge in [-0.15, -0.1) is 0 Å². The Labute approximate surface area is 227 Å². The first-order valence-electron chi connectivity index (χ1n) is 7.00. The van der Waals surface area contributed by atoms with E-state index in [9.17, 15) is 0 Å². The molecule has 0 saturated heterocycles. The molecule has 0 spiro atoms. The lowest BCUT2D eigenvalue weighted by molar-refractivity contribution is -0.00000427. The van der Waals surface area contributed by atoms with Crippen LogP contribution in [0, 0.1) is 0 Å². The molecule has 0 aliphatic rings. The van der Waals surface area contributed by atoms with Crippen molar-refractivity contribution < 1.29 is 17.0 Å². The molecule has 0 aliphatic carbocycles. The maximum atomic E-state index is 4.12. The zero-order valence-corrected chi connectivity index (χ0v) is 27.2. The Bertz CT molecular complexity index is 587. The van der Waals surface area contributed by atoms with Crippen LogP contribution in [0.15, 0.2) is 91.0 Å². The van der Waals surface area contributed by atoms with E-state index in [2.05, 4.69) is 191 Å². The summed E-state index contributed by atoms with van der Waals surface area (Å²) < 4.78 is 0. The van der Waals surface area contributed by atoms with Gasteiger partial charge in [0.15, 0.2) is 21.5 Å². The van der Waals surface area contributed by atoms with Crippen molar-refractivity contribution in [3.8, 4) is 0 Å². The van der Waals surface area contributed by atoms with E-state index in [1.54, 1.807) is 0 Å². The lowest BCUT2D eigenvalue weighted by Crippen LogP contribution is -3.00. The molecule has 0 atom stereocenters. The summed E-state index contributed by atoms with van der Waals surface area (Å²) in [6.45, 7) is 0. The van der Waals surface area contributed by atoms with Gasteiger partial charge in [-0.25, -0.2) is 0 Å². The third kappa shape index (κ3) is 9.73. The Morgan fingerprint density at radius 3 is 0.778 bits per heavy atom. The molecule has 9 heteroatoms. The molecule has 0 amide bonds. The number of rotatable bonds is 3. The van der Waals surface area contributed by atoms with Gasteiger partial charge in [0.25, 0.3) is 0 Å². The van der Waals surface area contributed by atoms with Gasteiger partial charge in [0.2, 0.25) is 0 Å². The standard InChI is InChI=1S/C18H15BrP.3Br2.BrH/c19-20(16-10-4-1-5-11-16,17-12-6-2-7-13-17)18-14-8-3-9-15-18;3*1-2;/h1-15H;;;;1H/q+1;;;;/p-1. The van der Waals surface area contributed by atoms with Gasteiger partial charge in [-0.1, -0.05) is 54.6 Å². The van der Waals surface area contributed by atoms with Crippen molar-refractivity contribution in [2.75, 3.05) is 0 Å². The second-order valence-electron chi connectivity index (χ2n) is 4.60. The van der Waals surface area contributed by atoms with Crippen LogP contribution in [0.2, 0.25) is 0 Å². The molecule has 0 bridgehead atoms. The highest BCUT2D eigenvalue weighted by molar-refractivity contribution is 9.93. The van der Waals surface area contributed by atoms with Gasteiger partial charge in [0.1, 0.15) is 15.9 Å². The predicted octanol–water partition coefficient (Wildman–Crippen LogP) is 6.37. The van der Waals surface area contributed by atoms with Crippen LogP contribution in [0.1, 0.15) is 0 Å². The van der Waals surface area contributed by atoms with E-state index < -0.39 is 5.96 Å². The van der Waals surface area contributed by atoms with E-state index in [0.717, 1.165) is 0 Å². The summed E-state index contributed by atoms with van der Waals surface area (Å²) in [6, 6.07) is 32.1. The van der Waals surface area contributed by atoms with Crippen molar-refractivity contribution in [2.24, 2.45) is 0 Å². The summed E-state index contributed by atoms with van der Waals surface area (Å²) in [7, 11) is 0. The van der Waals surface area contributed by atoms with E-state index in [4.69, 9.17) is 0 Å². The lowest BCUT2D eigenvalue weighted by atomic mass is 10.4. The normalized spacial score (nSPS) is 9.00. The molecule has 3 aromatic rings. The zero-order chi connectivity index (χ0) is 19.8. The van der Waals surface area contributed by atoms with Crippen molar-refractivity contribution >= 4 is 122 Å². The molecule has 0 unspecified atom stereocenters. The highest BCUT2D eigenvalue weighted by atomic mass is 80.9. The monoisotopic (exact) mass is 893 g/mol. The molecule has 27 heavy (non-hydrogen) atoms. The van der Waals surface area contributed by atoms with Crippen LogP contribution in [-0.4, -0.2) is 0 Å². The van der Waals surface area contributed by atoms with E-state index in [0.29, 0.717) is 0 Å². The molecule has 0 N–H and O–H groups in total. The van der Waals surface area contributed by atoms with Crippen LogP contribution in [0.4, 0.5) is 0 Å². The first kappa shape index (κ1) is 31.1. The number of hydrogen-bond acceptors (Lipinski definition) is 0. The summed E-state index contributed by atoms with van der Waals surface area (Å²) >= 11 is 20.6. The number of benzene rings is 3. The molecule has 3 rings (SSSR count). The first-order chi connectivity index (χ1) is 12.8. The van der Waals surface area contributed by atoms with Crippen molar-refractivity contribution in [3.63, 3.8) is 0 Å². The molecule has 148 valence electrons. The quantitative estimate of drug-likeness (QED) is 0.269. The summed E-state index contributed by atoms with van der Waals surface area (Å²) in [6.07, 6.45) is 0. The van der Waals surface area contributed by atoms with Gasteiger partial charge in [0.05, 0.1) is 0 Å². The third-order valence-corrected chi connectivity index (χ3v) is 10.1. The minimum atomic E-state index is -1.71. The number of halogens is 8. The lowest BCUT2D eigenvalue weighted by Gasteiger charge is -2.19. The second-order valence-corrected chi connectivity index (χ2v) is 10.5. The Balaban J connectivity index is 0. The molecule has 0 nitrogen and oxygen atoms in total. The minimum absolute atomic E-state index is 0. The van der Waals surface area contributed by atoms with E-state index in [1.165, 1.54) is 15.9 Å². The van der Waals surface area contributed by atoms with Crippen LogP contribution in [0.25, 0.3) is 0 Å². The zero-order valence-electron chi connectivity index (χ0n) is 13.6. The molecule has 0 aromatic heterocycles. The molecule has 0 aliphatic heterocycles. The van der Waals surface area contributed by atoms with Gasteiger partial charge in [-0.2, -0.15) is 0 Å². The maximum absolute atomic E-state index is 4.12. The fraction of sp³-hybridized carbons (Fsp3) is 0. The van der Waals surface area contributed by atoms with Crippen molar-refractivity contribution in [1.82, 2.24) is 0 Å². The number of hydrogen-bond donors (Lipinski definition) is 0. The van der Waals surface area contributed by atoms with Crippen LogP contribution in [0.5, 0.6) is 0 Å².